The molecule has 2 N–H and O–H groups in total. The molecule has 1 aromatic carbocycles. The van der Waals surface area contributed by atoms with Crippen molar-refractivity contribution in [3.05, 3.63) is 30.5 Å². The van der Waals surface area contributed by atoms with Gasteiger partial charge in [-0.2, -0.15) is 0 Å². The van der Waals surface area contributed by atoms with Crippen LogP contribution in [0.4, 0.5) is 11.4 Å². The van der Waals surface area contributed by atoms with Crippen molar-refractivity contribution in [1.82, 2.24) is 4.98 Å². The Labute approximate surface area is 126 Å². The van der Waals surface area contributed by atoms with E-state index in [0.717, 1.165) is 29.1 Å². The lowest BCUT2D eigenvalue weighted by atomic mass is 9.78. The second-order valence-corrected chi connectivity index (χ2v) is 6.52. The number of piperidine rings is 1. The van der Waals surface area contributed by atoms with E-state index in [0.29, 0.717) is 6.04 Å². The molecule has 4 rings (SSSR count). The summed E-state index contributed by atoms with van der Waals surface area (Å²) >= 11 is 0. The zero-order valence-electron chi connectivity index (χ0n) is 12.5. The Kier molecular flexibility index (Phi) is 3.21. The summed E-state index contributed by atoms with van der Waals surface area (Å²) in [5.41, 5.74) is 9.62. The van der Waals surface area contributed by atoms with E-state index < -0.39 is 0 Å². The van der Waals surface area contributed by atoms with Crippen molar-refractivity contribution in [3.63, 3.8) is 0 Å². The van der Waals surface area contributed by atoms with Gasteiger partial charge in [-0.15, -0.1) is 0 Å². The first-order valence-electron chi connectivity index (χ1n) is 8.24. The number of pyridine rings is 1. The van der Waals surface area contributed by atoms with Crippen LogP contribution in [0.15, 0.2) is 30.5 Å². The molecule has 1 aromatic heterocycles. The third-order valence-electron chi connectivity index (χ3n) is 5.36. The average molecular weight is 281 g/mol. The topological polar surface area (TPSA) is 42.1 Å². The predicted molar refractivity (Wildman–Crippen MR) is 88.5 cm³/mol. The molecule has 2 aromatic rings. The Morgan fingerprint density at radius 1 is 1.05 bits per heavy atom. The molecule has 3 heteroatoms. The number of aromatic nitrogens is 1. The van der Waals surface area contributed by atoms with Gasteiger partial charge >= 0.3 is 0 Å². The number of hydrogen-bond acceptors (Lipinski definition) is 3. The van der Waals surface area contributed by atoms with Gasteiger partial charge in [0.2, 0.25) is 0 Å². The second kappa shape index (κ2) is 5.21. The molecule has 110 valence electrons. The second-order valence-electron chi connectivity index (χ2n) is 6.52. The van der Waals surface area contributed by atoms with Crippen LogP contribution in [0.2, 0.25) is 0 Å². The van der Waals surface area contributed by atoms with Gasteiger partial charge in [-0.05, 0) is 55.9 Å². The van der Waals surface area contributed by atoms with E-state index in [1.165, 1.54) is 44.2 Å². The minimum Gasteiger partial charge on any atom is -0.396 e. The highest BCUT2D eigenvalue weighted by molar-refractivity contribution is 5.97. The predicted octanol–water partition coefficient (Wildman–Crippen LogP) is 3.98. The van der Waals surface area contributed by atoms with Crippen LogP contribution in [-0.4, -0.2) is 17.6 Å². The minimum absolute atomic E-state index is 0.698. The Bertz CT molecular complexity index is 650. The molecule has 1 aliphatic heterocycles. The van der Waals surface area contributed by atoms with Gasteiger partial charge < -0.3 is 10.6 Å². The van der Waals surface area contributed by atoms with Gasteiger partial charge in [0.1, 0.15) is 0 Å². The molecule has 2 heterocycles. The number of nitrogens with zero attached hydrogens (tertiary/aromatic N) is 2. The van der Waals surface area contributed by atoms with Crippen molar-refractivity contribution >= 4 is 22.3 Å². The smallest absolute Gasteiger partial charge is 0.0724 e. The van der Waals surface area contributed by atoms with Crippen molar-refractivity contribution in [2.24, 2.45) is 5.92 Å². The molecule has 0 spiro atoms. The van der Waals surface area contributed by atoms with Crippen molar-refractivity contribution < 1.29 is 0 Å². The largest absolute Gasteiger partial charge is 0.396 e. The zero-order valence-corrected chi connectivity index (χ0v) is 12.5. The first-order chi connectivity index (χ1) is 10.3. The van der Waals surface area contributed by atoms with Crippen LogP contribution >= 0.6 is 0 Å². The normalized spacial score (nSPS) is 25.8. The number of anilines is 2. The molecule has 1 saturated carbocycles. The van der Waals surface area contributed by atoms with Crippen LogP contribution < -0.4 is 10.6 Å². The third-order valence-corrected chi connectivity index (χ3v) is 5.36. The maximum absolute atomic E-state index is 6.49. The van der Waals surface area contributed by atoms with E-state index in [-0.39, 0.29) is 0 Å². The van der Waals surface area contributed by atoms with Crippen LogP contribution in [-0.2, 0) is 0 Å². The summed E-state index contributed by atoms with van der Waals surface area (Å²) in [6.07, 6.45) is 10.0. The summed E-state index contributed by atoms with van der Waals surface area (Å²) in [4.78, 5) is 7.00. The van der Waals surface area contributed by atoms with Crippen molar-refractivity contribution in [1.29, 1.82) is 0 Å². The highest BCUT2D eigenvalue weighted by atomic mass is 15.2. The fraction of sp³-hybridized carbons (Fsp3) is 0.500. The SMILES string of the molecule is Nc1c(N2CCCC3CCCCC32)ccc2ncccc12. The number of nitrogens with two attached hydrogens (primary N) is 1. The van der Waals surface area contributed by atoms with E-state index in [1.54, 1.807) is 0 Å². The number of benzene rings is 1. The van der Waals surface area contributed by atoms with Crippen LogP contribution in [0.1, 0.15) is 38.5 Å². The van der Waals surface area contributed by atoms with Gasteiger partial charge in [0.05, 0.1) is 16.9 Å². The van der Waals surface area contributed by atoms with Crippen molar-refractivity contribution in [2.45, 2.75) is 44.6 Å². The lowest BCUT2D eigenvalue weighted by Gasteiger charge is -2.45. The van der Waals surface area contributed by atoms with E-state index >= 15 is 0 Å². The van der Waals surface area contributed by atoms with E-state index in [4.69, 9.17) is 5.73 Å². The Morgan fingerprint density at radius 2 is 1.90 bits per heavy atom. The van der Waals surface area contributed by atoms with Crippen LogP contribution in [0.3, 0.4) is 0 Å². The van der Waals surface area contributed by atoms with Gasteiger partial charge in [0.15, 0.2) is 0 Å². The zero-order chi connectivity index (χ0) is 14.2. The number of rotatable bonds is 1. The maximum atomic E-state index is 6.49. The first kappa shape index (κ1) is 12.9. The fourth-order valence-corrected chi connectivity index (χ4v) is 4.34. The molecule has 1 aliphatic carbocycles. The molecule has 1 saturated heterocycles. The number of hydrogen-bond donors (Lipinski definition) is 1. The van der Waals surface area contributed by atoms with E-state index in [2.05, 4.69) is 28.1 Å². The molecule has 2 unspecified atom stereocenters. The molecule has 0 bridgehead atoms. The van der Waals surface area contributed by atoms with Gasteiger partial charge in [-0.1, -0.05) is 12.8 Å². The highest BCUT2D eigenvalue weighted by Crippen LogP contribution is 2.40. The molecule has 3 nitrogen and oxygen atoms in total. The standard InChI is InChI=1S/C18H23N3/c19-18-14-7-3-11-20-15(14)9-10-17(18)21-12-4-6-13-5-1-2-8-16(13)21/h3,7,9-11,13,16H,1-2,4-6,8,12,19H2. The maximum Gasteiger partial charge on any atom is 0.0724 e. The summed E-state index contributed by atoms with van der Waals surface area (Å²) in [6.45, 7) is 1.15. The van der Waals surface area contributed by atoms with Crippen LogP contribution in [0.5, 0.6) is 0 Å². The van der Waals surface area contributed by atoms with E-state index in [1.807, 2.05) is 12.3 Å². The summed E-state index contributed by atoms with van der Waals surface area (Å²) in [5.74, 6) is 0.872. The van der Waals surface area contributed by atoms with Gasteiger partial charge in [-0.3, -0.25) is 4.98 Å². The van der Waals surface area contributed by atoms with Gasteiger partial charge in [-0.25, -0.2) is 0 Å². The van der Waals surface area contributed by atoms with Crippen LogP contribution in [0, 0.1) is 5.92 Å². The van der Waals surface area contributed by atoms with E-state index in [9.17, 15) is 0 Å². The molecule has 2 atom stereocenters. The summed E-state index contributed by atoms with van der Waals surface area (Å²) in [5, 5.41) is 1.09. The number of nitrogen functional groups attached to an aromatic ring is 1. The monoisotopic (exact) mass is 281 g/mol. The Morgan fingerprint density at radius 3 is 2.86 bits per heavy atom. The summed E-state index contributed by atoms with van der Waals surface area (Å²) < 4.78 is 0. The summed E-state index contributed by atoms with van der Waals surface area (Å²) in [7, 11) is 0. The molecule has 21 heavy (non-hydrogen) atoms. The lowest BCUT2D eigenvalue weighted by Crippen LogP contribution is -2.47. The van der Waals surface area contributed by atoms with Crippen molar-refractivity contribution in [3.8, 4) is 0 Å². The molecular weight excluding hydrogens is 258 g/mol. The molecule has 0 radical (unpaired) electrons. The highest BCUT2D eigenvalue weighted by Gasteiger charge is 2.34. The van der Waals surface area contributed by atoms with Crippen molar-refractivity contribution in [2.75, 3.05) is 17.2 Å². The average Bonchev–Trinajstić information content (AvgIpc) is 2.55. The fourth-order valence-electron chi connectivity index (χ4n) is 4.34. The number of fused-ring (bicyclic) bond motifs is 2. The third kappa shape index (κ3) is 2.15. The van der Waals surface area contributed by atoms with Gasteiger partial charge in [0.25, 0.3) is 0 Å². The molecular formula is C18H23N3. The van der Waals surface area contributed by atoms with Gasteiger partial charge in [0, 0.05) is 24.2 Å². The first-order valence-corrected chi connectivity index (χ1v) is 8.24. The van der Waals surface area contributed by atoms with Crippen LogP contribution in [0.25, 0.3) is 10.9 Å². The lowest BCUT2D eigenvalue weighted by molar-refractivity contribution is 0.244. The Balaban J connectivity index is 1.76. The molecule has 2 aliphatic rings. The summed E-state index contributed by atoms with van der Waals surface area (Å²) in [6, 6.07) is 9.06. The molecule has 2 fully saturated rings. The quantitative estimate of drug-likeness (QED) is 0.804. The minimum atomic E-state index is 0.698. The molecule has 0 amide bonds. The Hall–Kier alpha value is -1.77.